The van der Waals surface area contributed by atoms with Crippen molar-refractivity contribution in [2.75, 3.05) is 46.3 Å². The van der Waals surface area contributed by atoms with Crippen molar-refractivity contribution in [1.29, 1.82) is 0 Å². The van der Waals surface area contributed by atoms with E-state index in [2.05, 4.69) is 81.7 Å². The molecule has 0 unspecified atom stereocenters. The summed E-state index contributed by atoms with van der Waals surface area (Å²) < 4.78 is 15.4. The number of hydrogen-bond donors (Lipinski definition) is 6. The zero-order valence-electron chi connectivity index (χ0n) is 49.8. The summed E-state index contributed by atoms with van der Waals surface area (Å²) in [6, 6.07) is 41.8. The average molecular weight is 1200 g/mol. The summed E-state index contributed by atoms with van der Waals surface area (Å²) in [5.74, 6) is -1.10. The van der Waals surface area contributed by atoms with E-state index in [9.17, 15) is 39.3 Å². The van der Waals surface area contributed by atoms with Crippen LogP contribution >= 0.6 is 11.6 Å². The second-order valence-electron chi connectivity index (χ2n) is 19.8. The fourth-order valence-electron chi connectivity index (χ4n) is 9.24. The Morgan fingerprint density at radius 1 is 0.609 bits per heavy atom. The van der Waals surface area contributed by atoms with Crippen LogP contribution in [0.2, 0.25) is 5.02 Å². The molecular formula is C66H69ClN10O10. The van der Waals surface area contributed by atoms with Gasteiger partial charge in [-0.05, 0) is 91.4 Å². The molecule has 0 spiro atoms. The van der Waals surface area contributed by atoms with E-state index in [1.165, 1.54) is 58.8 Å². The van der Waals surface area contributed by atoms with Crippen molar-refractivity contribution < 1.29 is 34.4 Å². The molecule has 1 aliphatic rings. The standard InChI is InChI=1S/C23H25N3O3.C22H22N4O3.C19H16ClN3O4.C2H6/c1-15(2)14-29-21-12-8-6-10-18(21)17-9-5-7-11-19(17)26-13-20(27)23(28)22(25-26)16(3)24-4;1-14-9-10-16-15(12-14)6-5-11-25(16)17-7-3-4-8-18(17)26-13-19(27)21(28)20(24-26)22(29)23-2;1-21-19(26)17-18(25)16(24)10-23(22-17)15-6-4-3-5-14(15)11-7-12(20)9-13(8-11)27-2;1-2/h5-13,15,24,27H,3,14H2,1-2,4H3;3-4,7-10,12-13,27H,5-6,11H2,1-2H3,(H,23,29);3-10,24H,1-2H3,(H,21,26);1-2H3. The molecule has 0 saturated carbocycles. The summed E-state index contributed by atoms with van der Waals surface area (Å²) in [5, 5.41) is 51.0. The molecule has 4 heterocycles. The van der Waals surface area contributed by atoms with E-state index in [-0.39, 0.29) is 11.4 Å². The van der Waals surface area contributed by atoms with Gasteiger partial charge in [0.1, 0.15) is 11.5 Å². The second-order valence-corrected chi connectivity index (χ2v) is 20.2. The number of hydrogen-bond acceptors (Lipinski definition) is 15. The Morgan fingerprint density at radius 3 is 1.64 bits per heavy atom. The normalized spacial score (nSPS) is 11.3. The lowest BCUT2D eigenvalue weighted by molar-refractivity contribution is 0.0946. The molecule has 2 amide bonds. The van der Waals surface area contributed by atoms with Crippen molar-refractivity contribution in [1.82, 2.24) is 45.3 Å². The van der Waals surface area contributed by atoms with Crippen LogP contribution in [0.1, 0.15) is 71.9 Å². The van der Waals surface area contributed by atoms with Gasteiger partial charge in [-0.3, -0.25) is 24.0 Å². The topological polar surface area (TPSA) is 257 Å². The van der Waals surface area contributed by atoms with Gasteiger partial charge >= 0.3 is 0 Å². The lowest BCUT2D eigenvalue weighted by Gasteiger charge is -2.33. The van der Waals surface area contributed by atoms with Crippen molar-refractivity contribution in [3.05, 3.63) is 223 Å². The van der Waals surface area contributed by atoms with Gasteiger partial charge in [0.05, 0.1) is 60.8 Å². The highest BCUT2D eigenvalue weighted by atomic mass is 35.5. The molecule has 0 radical (unpaired) electrons. The molecule has 87 heavy (non-hydrogen) atoms. The highest BCUT2D eigenvalue weighted by molar-refractivity contribution is 6.31. The van der Waals surface area contributed by atoms with Crippen LogP contribution in [0.4, 0.5) is 11.4 Å². The Hall–Kier alpha value is -10.5. The maximum atomic E-state index is 12.3. The predicted octanol–water partition coefficient (Wildman–Crippen LogP) is 10.2. The van der Waals surface area contributed by atoms with Crippen molar-refractivity contribution in [3.63, 3.8) is 0 Å². The summed E-state index contributed by atoms with van der Waals surface area (Å²) in [5.41, 5.74) is 7.10. The first kappa shape index (κ1) is 64.1. The molecule has 0 atom stereocenters. The van der Waals surface area contributed by atoms with Crippen LogP contribution in [0, 0.1) is 12.8 Å². The van der Waals surface area contributed by atoms with Gasteiger partial charge in [0.25, 0.3) is 28.1 Å². The number of fused-ring (bicyclic) bond motifs is 1. The molecule has 0 fully saturated rings. The highest BCUT2D eigenvalue weighted by Crippen LogP contribution is 2.38. The number of carbonyl (C=O) groups is 2. The molecule has 20 nitrogen and oxygen atoms in total. The molecule has 0 saturated heterocycles. The van der Waals surface area contributed by atoms with Crippen LogP contribution in [0.5, 0.6) is 28.7 Å². The number of para-hydroxylation sites is 5. The van der Waals surface area contributed by atoms with Gasteiger partial charge in [-0.1, -0.05) is 130 Å². The van der Waals surface area contributed by atoms with Crippen molar-refractivity contribution in [2.24, 2.45) is 5.92 Å². The highest BCUT2D eigenvalue weighted by Gasteiger charge is 2.24. The third kappa shape index (κ3) is 14.9. The lowest BCUT2D eigenvalue weighted by atomic mass is 9.99. The molecule has 3 aromatic heterocycles. The molecule has 6 N–H and O–H groups in total. The van der Waals surface area contributed by atoms with E-state index >= 15 is 0 Å². The number of aryl methyl sites for hydroxylation is 2. The van der Waals surface area contributed by atoms with Crippen LogP contribution in [0.25, 0.3) is 45.0 Å². The molecule has 6 aromatic carbocycles. The first-order valence-corrected chi connectivity index (χ1v) is 28.3. The fourth-order valence-corrected chi connectivity index (χ4v) is 9.47. The number of nitrogens with one attached hydrogen (secondary N) is 3. The van der Waals surface area contributed by atoms with Gasteiger partial charge < -0.3 is 45.6 Å². The molecule has 10 rings (SSSR count). The first-order valence-electron chi connectivity index (χ1n) is 27.9. The summed E-state index contributed by atoms with van der Waals surface area (Å²) >= 11 is 6.17. The number of rotatable bonds is 14. The number of aromatic hydroxyl groups is 3. The number of nitrogens with zero attached hydrogens (tertiary/aromatic N) is 7. The smallest absolute Gasteiger partial charge is 0.275 e. The number of methoxy groups -OCH3 is 1. The molecule has 9 aromatic rings. The molecule has 21 heteroatoms. The average Bonchev–Trinajstić information content (AvgIpc) is 1.67. The first-order chi connectivity index (χ1) is 41.8. The van der Waals surface area contributed by atoms with Gasteiger partial charge in [-0.15, -0.1) is 0 Å². The van der Waals surface area contributed by atoms with Crippen molar-refractivity contribution in [3.8, 4) is 68.1 Å². The summed E-state index contributed by atoms with van der Waals surface area (Å²) in [7, 11) is 5.98. The van der Waals surface area contributed by atoms with Gasteiger partial charge in [-0.25, -0.2) is 14.0 Å². The number of anilines is 2. The van der Waals surface area contributed by atoms with Crippen LogP contribution in [-0.4, -0.2) is 97.9 Å². The molecule has 0 aliphatic carbocycles. The van der Waals surface area contributed by atoms with Crippen molar-refractivity contribution in [2.45, 2.75) is 47.5 Å². The van der Waals surface area contributed by atoms with Gasteiger partial charge in [0.15, 0.2) is 34.3 Å². The minimum Gasteiger partial charge on any atom is -0.503 e. The molecule has 450 valence electrons. The number of aromatic nitrogens is 6. The molecule has 0 bridgehead atoms. The maximum absolute atomic E-state index is 12.3. The maximum Gasteiger partial charge on any atom is 0.275 e. The van der Waals surface area contributed by atoms with Crippen LogP contribution in [-0.2, 0) is 6.42 Å². The summed E-state index contributed by atoms with van der Waals surface area (Å²) in [6.07, 6.45) is 5.75. The lowest BCUT2D eigenvalue weighted by Crippen LogP contribution is -2.30. The third-order valence-electron chi connectivity index (χ3n) is 13.4. The predicted molar refractivity (Wildman–Crippen MR) is 340 cm³/mol. The minimum atomic E-state index is -0.840. The number of amides is 2. The van der Waals surface area contributed by atoms with Gasteiger partial charge in [0, 0.05) is 55.1 Å². The quantitative estimate of drug-likeness (QED) is 0.0592. The zero-order valence-corrected chi connectivity index (χ0v) is 50.5. The Morgan fingerprint density at radius 2 is 1.09 bits per heavy atom. The number of ether oxygens (including phenoxy) is 2. The number of benzene rings is 6. The van der Waals surface area contributed by atoms with E-state index in [1.54, 1.807) is 37.4 Å². The zero-order chi connectivity index (χ0) is 63.1. The van der Waals surface area contributed by atoms with Crippen molar-refractivity contribution >= 4 is 40.5 Å². The van der Waals surface area contributed by atoms with Crippen LogP contribution in [0.15, 0.2) is 173 Å². The SMILES string of the molecule is C=C(NC)c1nn(-c2ccccc2-c2ccccc2OCC(C)C)cc(O)c1=O.CC.CNC(=O)c1nn(-c2ccccc2-c2cc(Cl)cc(OC)c2)cc(O)c1=O.CNC(=O)c1nn(-c2ccccc2N2CCCc3cc(C)ccc32)cc(O)c1=O. The number of halogens is 1. The van der Waals surface area contributed by atoms with E-state index in [4.69, 9.17) is 21.1 Å². The summed E-state index contributed by atoms with van der Waals surface area (Å²) in [4.78, 5) is 62.6. The molecular weight excluding hydrogens is 1130 g/mol. The minimum absolute atomic E-state index is 0.0617. The van der Waals surface area contributed by atoms with E-state index in [0.29, 0.717) is 46.1 Å². The Labute approximate surface area is 508 Å². The second kappa shape index (κ2) is 29.4. The van der Waals surface area contributed by atoms with E-state index < -0.39 is 51.0 Å². The summed E-state index contributed by atoms with van der Waals surface area (Å²) in [6.45, 7) is 15.5. The largest absolute Gasteiger partial charge is 0.503 e. The fraction of sp³-hybridized carbons (Fsp3) is 0.212. The van der Waals surface area contributed by atoms with Gasteiger partial charge in [0.2, 0.25) is 0 Å². The van der Waals surface area contributed by atoms with Crippen LogP contribution < -0.4 is 46.6 Å². The third-order valence-corrected chi connectivity index (χ3v) is 13.6. The monoisotopic (exact) mass is 1200 g/mol. The van der Waals surface area contributed by atoms with E-state index in [1.807, 2.05) is 98.8 Å². The number of carbonyl (C=O) groups excluding carboxylic acids is 2. The Kier molecular flexibility index (Phi) is 21.6. The Bertz CT molecular complexity index is 4160. The Balaban J connectivity index is 0.000000184. The van der Waals surface area contributed by atoms with Crippen LogP contribution in [0.3, 0.4) is 0 Å². The van der Waals surface area contributed by atoms with Gasteiger partial charge in [-0.2, -0.15) is 15.3 Å². The van der Waals surface area contributed by atoms with E-state index in [0.717, 1.165) is 65.0 Å². The molecule has 1 aliphatic heterocycles.